The number of carbonyl (C=O) groups excluding carboxylic acids is 1. The maximum absolute atomic E-state index is 11.3. The van der Waals surface area contributed by atoms with Crippen molar-refractivity contribution in [3.8, 4) is 0 Å². The molecule has 0 spiro atoms. The molecule has 0 saturated carbocycles. The standard InChI is InChI=1S/C9H10N2O4/c1-6-2-3-7(4-10-6)9(14)11-15-5-8(12)13/h2-4H,5H2,1H3,(H,11,14)(H,12,13). The molecule has 1 rings (SSSR count). The van der Waals surface area contributed by atoms with E-state index in [1.807, 2.05) is 5.48 Å². The van der Waals surface area contributed by atoms with Crippen LogP contribution < -0.4 is 5.48 Å². The Balaban J connectivity index is 2.47. The van der Waals surface area contributed by atoms with Crippen LogP contribution in [0, 0.1) is 6.92 Å². The Morgan fingerprint density at radius 2 is 2.27 bits per heavy atom. The van der Waals surface area contributed by atoms with Crippen LogP contribution >= 0.6 is 0 Å². The SMILES string of the molecule is Cc1ccc(C(=O)NOCC(=O)O)cn1. The fourth-order valence-electron chi connectivity index (χ4n) is 0.824. The number of hydrogen-bond acceptors (Lipinski definition) is 4. The third-order valence-electron chi connectivity index (χ3n) is 1.53. The Morgan fingerprint density at radius 3 is 2.80 bits per heavy atom. The van der Waals surface area contributed by atoms with E-state index in [0.717, 1.165) is 5.69 Å². The summed E-state index contributed by atoms with van der Waals surface area (Å²) in [5.41, 5.74) is 3.09. The highest BCUT2D eigenvalue weighted by Crippen LogP contribution is 1.98. The van der Waals surface area contributed by atoms with Crippen LogP contribution in [0.15, 0.2) is 18.3 Å². The first-order chi connectivity index (χ1) is 7.09. The Hall–Kier alpha value is -1.95. The lowest BCUT2D eigenvalue weighted by molar-refractivity contribution is -0.144. The molecule has 0 atom stereocenters. The van der Waals surface area contributed by atoms with Crippen molar-refractivity contribution < 1.29 is 19.5 Å². The number of aromatic nitrogens is 1. The van der Waals surface area contributed by atoms with Crippen molar-refractivity contribution in [2.75, 3.05) is 6.61 Å². The first kappa shape index (κ1) is 11.1. The van der Waals surface area contributed by atoms with Gasteiger partial charge < -0.3 is 5.11 Å². The molecule has 2 N–H and O–H groups in total. The average molecular weight is 210 g/mol. The molecule has 0 fully saturated rings. The van der Waals surface area contributed by atoms with Gasteiger partial charge in [0.05, 0.1) is 5.56 Å². The zero-order valence-corrected chi connectivity index (χ0v) is 8.06. The molecular formula is C9H10N2O4. The van der Waals surface area contributed by atoms with Gasteiger partial charge in [-0.25, -0.2) is 10.3 Å². The van der Waals surface area contributed by atoms with Gasteiger partial charge in [-0.2, -0.15) is 0 Å². The number of pyridine rings is 1. The van der Waals surface area contributed by atoms with Gasteiger partial charge in [0.15, 0.2) is 6.61 Å². The number of hydroxylamine groups is 1. The number of aryl methyl sites for hydroxylation is 1. The smallest absolute Gasteiger partial charge is 0.332 e. The minimum absolute atomic E-state index is 0.311. The topological polar surface area (TPSA) is 88.5 Å². The molecule has 1 aromatic heterocycles. The average Bonchev–Trinajstić information content (AvgIpc) is 2.18. The first-order valence-electron chi connectivity index (χ1n) is 4.16. The molecule has 6 heteroatoms. The molecule has 0 saturated heterocycles. The molecule has 0 aromatic carbocycles. The summed E-state index contributed by atoms with van der Waals surface area (Å²) in [6, 6.07) is 3.24. The molecule has 0 unspecified atom stereocenters. The first-order valence-corrected chi connectivity index (χ1v) is 4.16. The minimum atomic E-state index is -1.16. The lowest BCUT2D eigenvalue weighted by Crippen LogP contribution is -2.26. The minimum Gasteiger partial charge on any atom is -0.479 e. The van der Waals surface area contributed by atoms with E-state index in [1.165, 1.54) is 6.20 Å². The third kappa shape index (κ3) is 3.74. The van der Waals surface area contributed by atoms with E-state index in [4.69, 9.17) is 5.11 Å². The van der Waals surface area contributed by atoms with Crippen LogP contribution in [0.25, 0.3) is 0 Å². The summed E-state index contributed by atoms with van der Waals surface area (Å²) in [5.74, 6) is -1.68. The van der Waals surface area contributed by atoms with Gasteiger partial charge in [-0.15, -0.1) is 0 Å². The zero-order chi connectivity index (χ0) is 11.3. The second kappa shape index (κ2) is 5.06. The number of rotatable bonds is 4. The largest absolute Gasteiger partial charge is 0.479 e. The summed E-state index contributed by atoms with van der Waals surface area (Å²) >= 11 is 0. The maximum Gasteiger partial charge on any atom is 0.332 e. The van der Waals surface area contributed by atoms with E-state index in [9.17, 15) is 9.59 Å². The number of nitrogens with one attached hydrogen (secondary N) is 1. The molecule has 6 nitrogen and oxygen atoms in total. The van der Waals surface area contributed by atoms with Gasteiger partial charge in [-0.05, 0) is 19.1 Å². The predicted molar refractivity (Wildman–Crippen MR) is 50.0 cm³/mol. The number of carboxylic acids is 1. The van der Waals surface area contributed by atoms with Crippen molar-refractivity contribution in [3.05, 3.63) is 29.6 Å². The van der Waals surface area contributed by atoms with E-state index in [-0.39, 0.29) is 0 Å². The van der Waals surface area contributed by atoms with E-state index in [2.05, 4.69) is 9.82 Å². The quantitative estimate of drug-likeness (QED) is 0.690. The summed E-state index contributed by atoms with van der Waals surface area (Å²) in [4.78, 5) is 29.7. The fraction of sp³-hybridized carbons (Fsp3) is 0.222. The number of nitrogens with zero attached hydrogens (tertiary/aromatic N) is 1. The Kier molecular flexibility index (Phi) is 3.75. The van der Waals surface area contributed by atoms with Crippen LogP contribution in [0.4, 0.5) is 0 Å². The van der Waals surface area contributed by atoms with Crippen LogP contribution in [0.3, 0.4) is 0 Å². The predicted octanol–water partition coefficient (Wildman–Crippen LogP) is 0.136. The summed E-state index contributed by atoms with van der Waals surface area (Å²) < 4.78 is 0. The second-order valence-electron chi connectivity index (χ2n) is 2.80. The molecule has 1 heterocycles. The summed E-state index contributed by atoms with van der Waals surface area (Å²) in [5, 5.41) is 8.24. The van der Waals surface area contributed by atoms with Crippen molar-refractivity contribution in [1.29, 1.82) is 0 Å². The highest BCUT2D eigenvalue weighted by atomic mass is 16.7. The zero-order valence-electron chi connectivity index (χ0n) is 8.06. The summed E-state index contributed by atoms with van der Waals surface area (Å²) in [6.45, 7) is 1.22. The van der Waals surface area contributed by atoms with Crippen molar-refractivity contribution in [3.63, 3.8) is 0 Å². The molecule has 80 valence electrons. The Morgan fingerprint density at radius 1 is 1.53 bits per heavy atom. The van der Waals surface area contributed by atoms with E-state index < -0.39 is 18.5 Å². The van der Waals surface area contributed by atoms with Gasteiger partial charge in [-0.1, -0.05) is 0 Å². The molecule has 0 bridgehead atoms. The van der Waals surface area contributed by atoms with Crippen molar-refractivity contribution in [2.45, 2.75) is 6.92 Å². The van der Waals surface area contributed by atoms with E-state index >= 15 is 0 Å². The normalized spacial score (nSPS) is 9.67. The van der Waals surface area contributed by atoms with Gasteiger partial charge in [0.1, 0.15) is 0 Å². The Bertz CT molecular complexity index is 361. The molecule has 1 amide bonds. The van der Waals surface area contributed by atoms with Gasteiger partial charge in [0, 0.05) is 11.9 Å². The molecule has 0 radical (unpaired) electrons. The monoisotopic (exact) mass is 210 g/mol. The molecule has 1 aromatic rings. The molecule has 0 aliphatic heterocycles. The van der Waals surface area contributed by atoms with Gasteiger partial charge >= 0.3 is 5.97 Å². The number of carboxylic acid groups (broad SMARTS) is 1. The van der Waals surface area contributed by atoms with Gasteiger partial charge in [-0.3, -0.25) is 14.6 Å². The van der Waals surface area contributed by atoms with Crippen LogP contribution in [0.2, 0.25) is 0 Å². The highest BCUT2D eigenvalue weighted by Gasteiger charge is 2.06. The maximum atomic E-state index is 11.3. The number of aliphatic carboxylic acids is 1. The third-order valence-corrected chi connectivity index (χ3v) is 1.53. The molecule has 0 aliphatic rings. The van der Waals surface area contributed by atoms with E-state index in [0.29, 0.717) is 5.56 Å². The highest BCUT2D eigenvalue weighted by molar-refractivity contribution is 5.93. The number of amides is 1. The van der Waals surface area contributed by atoms with Crippen molar-refractivity contribution >= 4 is 11.9 Å². The lowest BCUT2D eigenvalue weighted by atomic mass is 10.2. The number of hydrogen-bond donors (Lipinski definition) is 2. The van der Waals surface area contributed by atoms with Crippen molar-refractivity contribution in [2.24, 2.45) is 0 Å². The van der Waals surface area contributed by atoms with Gasteiger partial charge in [0.2, 0.25) is 0 Å². The fourth-order valence-corrected chi connectivity index (χ4v) is 0.824. The van der Waals surface area contributed by atoms with Crippen LogP contribution in [-0.2, 0) is 9.63 Å². The Labute approximate surface area is 85.8 Å². The van der Waals surface area contributed by atoms with Crippen LogP contribution in [0.5, 0.6) is 0 Å². The van der Waals surface area contributed by atoms with E-state index in [1.54, 1.807) is 19.1 Å². The molecule has 15 heavy (non-hydrogen) atoms. The molecule has 0 aliphatic carbocycles. The van der Waals surface area contributed by atoms with Crippen molar-refractivity contribution in [1.82, 2.24) is 10.5 Å². The lowest BCUT2D eigenvalue weighted by Gasteiger charge is -2.03. The van der Waals surface area contributed by atoms with Crippen LogP contribution in [0.1, 0.15) is 16.1 Å². The van der Waals surface area contributed by atoms with Crippen LogP contribution in [-0.4, -0.2) is 28.6 Å². The molecular weight excluding hydrogens is 200 g/mol. The second-order valence-corrected chi connectivity index (χ2v) is 2.80. The summed E-state index contributed by atoms with van der Waals surface area (Å²) in [6.07, 6.45) is 1.38. The number of carbonyl (C=O) groups is 2. The summed E-state index contributed by atoms with van der Waals surface area (Å²) in [7, 11) is 0. The van der Waals surface area contributed by atoms with Gasteiger partial charge in [0.25, 0.3) is 5.91 Å².